The second-order valence-corrected chi connectivity index (χ2v) is 7.33. The molecule has 1 aliphatic rings. The van der Waals surface area contributed by atoms with Crippen molar-refractivity contribution in [2.24, 2.45) is 5.92 Å². The quantitative estimate of drug-likeness (QED) is 0.906. The lowest BCUT2D eigenvalue weighted by atomic mass is 9.76. The third-order valence-electron chi connectivity index (χ3n) is 5.42. The normalized spacial score (nSPS) is 18.5. The number of aliphatic hydroxyl groups is 1. The van der Waals surface area contributed by atoms with Crippen LogP contribution < -0.4 is 5.32 Å². The van der Waals surface area contributed by atoms with E-state index < -0.39 is 5.54 Å². The van der Waals surface area contributed by atoms with Crippen molar-refractivity contribution in [1.82, 2.24) is 14.7 Å². The summed E-state index contributed by atoms with van der Waals surface area (Å²) in [6.45, 7) is 5.86. The number of aromatic nitrogens is 2. The van der Waals surface area contributed by atoms with Crippen molar-refractivity contribution in [1.29, 1.82) is 0 Å². The van der Waals surface area contributed by atoms with Crippen LogP contribution in [-0.2, 0) is 0 Å². The Morgan fingerprint density at radius 1 is 1.38 bits per heavy atom. The minimum Gasteiger partial charge on any atom is -0.394 e. The molecule has 1 amide bonds. The number of aliphatic hydroxyl groups excluding tert-OH is 1. The molecule has 0 aliphatic heterocycles. The summed E-state index contributed by atoms with van der Waals surface area (Å²) in [5, 5.41) is 13.1. The van der Waals surface area contributed by atoms with Crippen molar-refractivity contribution in [2.75, 3.05) is 6.61 Å². The summed E-state index contributed by atoms with van der Waals surface area (Å²) in [5.41, 5.74) is 2.61. The highest BCUT2D eigenvalue weighted by molar-refractivity contribution is 6.00. The van der Waals surface area contributed by atoms with Crippen LogP contribution in [0.1, 0.15) is 60.8 Å². The van der Waals surface area contributed by atoms with Crippen LogP contribution in [0.25, 0.3) is 5.65 Å². The molecule has 2 aromatic rings. The van der Waals surface area contributed by atoms with Gasteiger partial charge in [-0.05, 0) is 51.7 Å². The molecule has 1 fully saturated rings. The molecule has 0 radical (unpaired) electrons. The minimum atomic E-state index is -0.579. The van der Waals surface area contributed by atoms with Crippen molar-refractivity contribution in [2.45, 2.75) is 58.4 Å². The number of aryl methyl sites for hydroxylation is 2. The van der Waals surface area contributed by atoms with Crippen molar-refractivity contribution in [3.05, 3.63) is 35.3 Å². The molecule has 0 saturated heterocycles. The van der Waals surface area contributed by atoms with E-state index in [0.717, 1.165) is 24.2 Å². The number of nitrogens with one attached hydrogen (secondary N) is 1. The van der Waals surface area contributed by atoms with E-state index >= 15 is 0 Å². The molecule has 24 heavy (non-hydrogen) atoms. The topological polar surface area (TPSA) is 66.6 Å². The van der Waals surface area contributed by atoms with Gasteiger partial charge in [0, 0.05) is 17.6 Å². The zero-order valence-electron chi connectivity index (χ0n) is 14.8. The van der Waals surface area contributed by atoms with Crippen LogP contribution in [0.15, 0.2) is 18.3 Å². The Bertz CT molecular complexity index is 746. The number of carbonyl (C=O) groups excluding carboxylic acids is 1. The van der Waals surface area contributed by atoms with Crippen molar-refractivity contribution < 1.29 is 9.90 Å². The first-order chi connectivity index (χ1) is 11.4. The molecule has 1 unspecified atom stereocenters. The van der Waals surface area contributed by atoms with Gasteiger partial charge >= 0.3 is 0 Å². The largest absolute Gasteiger partial charge is 0.394 e. The van der Waals surface area contributed by atoms with E-state index in [1.807, 2.05) is 43.5 Å². The Labute approximate surface area is 143 Å². The average Bonchev–Trinajstić information content (AvgIpc) is 2.99. The SMILES string of the molecule is Cc1cc(C)n2ccc(C(=O)NC(C)(CO)C3CCCCC3)c2n1. The standard InChI is InChI=1S/C19H27N3O2/c1-13-11-14(2)22-10-9-16(17(22)20-13)18(24)21-19(3,12-23)15-7-5-4-6-8-15/h9-11,15,23H,4-8,12H2,1-3H3,(H,21,24). The number of nitrogens with zero attached hydrogens (tertiary/aromatic N) is 2. The zero-order chi connectivity index (χ0) is 17.3. The van der Waals surface area contributed by atoms with Crippen LogP contribution >= 0.6 is 0 Å². The van der Waals surface area contributed by atoms with Gasteiger partial charge in [-0.25, -0.2) is 4.98 Å². The molecule has 0 bridgehead atoms. The molecule has 130 valence electrons. The molecule has 3 rings (SSSR count). The first kappa shape index (κ1) is 17.0. The number of fused-ring (bicyclic) bond motifs is 1. The van der Waals surface area contributed by atoms with E-state index in [9.17, 15) is 9.90 Å². The lowest BCUT2D eigenvalue weighted by Gasteiger charge is -2.39. The minimum absolute atomic E-state index is 0.0410. The lowest BCUT2D eigenvalue weighted by molar-refractivity contribution is 0.0681. The number of rotatable bonds is 4. The van der Waals surface area contributed by atoms with Gasteiger partial charge in [0.05, 0.1) is 17.7 Å². The van der Waals surface area contributed by atoms with Crippen LogP contribution in [0.2, 0.25) is 0 Å². The maximum atomic E-state index is 12.9. The van der Waals surface area contributed by atoms with Crippen LogP contribution in [0.5, 0.6) is 0 Å². The fraction of sp³-hybridized carbons (Fsp3) is 0.579. The Kier molecular flexibility index (Phi) is 4.63. The maximum Gasteiger partial charge on any atom is 0.255 e. The highest BCUT2D eigenvalue weighted by atomic mass is 16.3. The zero-order valence-corrected chi connectivity index (χ0v) is 14.8. The smallest absolute Gasteiger partial charge is 0.255 e. The molecule has 0 spiro atoms. The van der Waals surface area contributed by atoms with Crippen molar-refractivity contribution in [3.8, 4) is 0 Å². The van der Waals surface area contributed by atoms with Gasteiger partial charge in [0.25, 0.3) is 5.91 Å². The molecule has 1 saturated carbocycles. The monoisotopic (exact) mass is 329 g/mol. The highest BCUT2D eigenvalue weighted by Crippen LogP contribution is 2.32. The molecule has 2 aromatic heterocycles. The number of hydrogen-bond acceptors (Lipinski definition) is 3. The third kappa shape index (κ3) is 3.05. The number of carbonyl (C=O) groups is 1. The first-order valence-corrected chi connectivity index (χ1v) is 8.83. The van der Waals surface area contributed by atoms with Gasteiger partial charge in [-0.2, -0.15) is 0 Å². The molecule has 2 N–H and O–H groups in total. The lowest BCUT2D eigenvalue weighted by Crippen LogP contribution is -2.54. The number of hydrogen-bond donors (Lipinski definition) is 2. The van der Waals surface area contributed by atoms with Crippen LogP contribution in [-0.4, -0.2) is 32.5 Å². The fourth-order valence-corrected chi connectivity index (χ4v) is 3.91. The Balaban J connectivity index is 1.88. The fourth-order valence-electron chi connectivity index (χ4n) is 3.91. The molecule has 5 heteroatoms. The molecular weight excluding hydrogens is 302 g/mol. The molecule has 5 nitrogen and oxygen atoms in total. The van der Waals surface area contributed by atoms with Gasteiger partial charge in [-0.1, -0.05) is 19.3 Å². The molecule has 2 heterocycles. The number of amides is 1. The highest BCUT2D eigenvalue weighted by Gasteiger charge is 2.36. The van der Waals surface area contributed by atoms with Gasteiger partial charge in [0.1, 0.15) is 5.65 Å². The van der Waals surface area contributed by atoms with E-state index in [2.05, 4.69) is 10.3 Å². The summed E-state index contributed by atoms with van der Waals surface area (Å²) in [4.78, 5) is 17.4. The van der Waals surface area contributed by atoms with Gasteiger partial charge in [0.2, 0.25) is 0 Å². The van der Waals surface area contributed by atoms with Crippen molar-refractivity contribution >= 4 is 11.6 Å². The average molecular weight is 329 g/mol. The van der Waals surface area contributed by atoms with Crippen molar-refractivity contribution in [3.63, 3.8) is 0 Å². The van der Waals surface area contributed by atoms with E-state index in [1.54, 1.807) is 0 Å². The summed E-state index contributed by atoms with van der Waals surface area (Å²) < 4.78 is 1.93. The predicted octanol–water partition coefficient (Wildman–Crippen LogP) is 3.01. The van der Waals surface area contributed by atoms with E-state index in [0.29, 0.717) is 17.1 Å². The maximum absolute atomic E-state index is 12.9. The third-order valence-corrected chi connectivity index (χ3v) is 5.42. The summed E-state index contributed by atoms with van der Waals surface area (Å²) >= 11 is 0. The summed E-state index contributed by atoms with van der Waals surface area (Å²) in [7, 11) is 0. The molecular formula is C19H27N3O2. The van der Waals surface area contributed by atoms with Gasteiger partial charge < -0.3 is 14.8 Å². The van der Waals surface area contributed by atoms with Crippen LogP contribution in [0.4, 0.5) is 0 Å². The molecule has 0 aromatic carbocycles. The second kappa shape index (κ2) is 6.55. The van der Waals surface area contributed by atoms with Gasteiger partial charge in [-0.3, -0.25) is 4.79 Å². The van der Waals surface area contributed by atoms with Crippen LogP contribution in [0, 0.1) is 19.8 Å². The molecule has 1 aliphatic carbocycles. The van der Waals surface area contributed by atoms with E-state index in [4.69, 9.17) is 0 Å². The summed E-state index contributed by atoms with van der Waals surface area (Å²) in [6, 6.07) is 3.80. The second-order valence-electron chi connectivity index (χ2n) is 7.33. The Hall–Kier alpha value is -1.88. The summed E-state index contributed by atoms with van der Waals surface area (Å²) in [6.07, 6.45) is 7.59. The van der Waals surface area contributed by atoms with Gasteiger partial charge in [0.15, 0.2) is 0 Å². The Morgan fingerprint density at radius 2 is 2.08 bits per heavy atom. The molecule has 1 atom stereocenters. The predicted molar refractivity (Wildman–Crippen MR) is 94.2 cm³/mol. The van der Waals surface area contributed by atoms with Gasteiger partial charge in [-0.15, -0.1) is 0 Å². The van der Waals surface area contributed by atoms with E-state index in [1.165, 1.54) is 19.3 Å². The van der Waals surface area contributed by atoms with Crippen LogP contribution in [0.3, 0.4) is 0 Å². The van der Waals surface area contributed by atoms with E-state index in [-0.39, 0.29) is 12.5 Å². The summed E-state index contributed by atoms with van der Waals surface area (Å²) in [5.74, 6) is 0.169. The first-order valence-electron chi connectivity index (χ1n) is 8.83. The Morgan fingerprint density at radius 3 is 2.75 bits per heavy atom.